The predicted molar refractivity (Wildman–Crippen MR) is 146 cm³/mol. The highest BCUT2D eigenvalue weighted by atomic mass is 15.3. The van der Waals surface area contributed by atoms with Crippen molar-refractivity contribution in [1.29, 1.82) is 0 Å². The maximum Gasteiger partial charge on any atom is 0.130 e. The van der Waals surface area contributed by atoms with E-state index in [2.05, 4.69) is 126 Å². The summed E-state index contributed by atoms with van der Waals surface area (Å²) in [6.45, 7) is 16.2. The smallest absolute Gasteiger partial charge is 0.130 e. The summed E-state index contributed by atoms with van der Waals surface area (Å²) in [5.41, 5.74) is 12.5. The van der Waals surface area contributed by atoms with Crippen LogP contribution in [0.2, 0.25) is 0 Å². The van der Waals surface area contributed by atoms with Gasteiger partial charge < -0.3 is 10.2 Å². The van der Waals surface area contributed by atoms with Gasteiger partial charge in [-0.2, -0.15) is 0 Å². The average Bonchev–Trinajstić information content (AvgIpc) is 3.22. The van der Waals surface area contributed by atoms with E-state index in [1.165, 1.54) is 50.3 Å². The summed E-state index contributed by atoms with van der Waals surface area (Å²) in [5, 5.41) is 3.75. The molecule has 1 N–H and O–H groups in total. The number of nitrogens with zero attached hydrogens (tertiary/aromatic N) is 1. The van der Waals surface area contributed by atoms with Crippen LogP contribution in [0.3, 0.4) is 0 Å². The molecule has 0 radical (unpaired) electrons. The van der Waals surface area contributed by atoms with Crippen LogP contribution < -0.4 is 10.2 Å². The van der Waals surface area contributed by atoms with Gasteiger partial charge in [-0.05, 0) is 58.1 Å². The number of rotatable bonds is 4. The summed E-state index contributed by atoms with van der Waals surface area (Å²) >= 11 is 0. The molecule has 2 nitrogen and oxygen atoms in total. The number of nitrogens with one attached hydrogen (secondary N) is 1. The van der Waals surface area contributed by atoms with Crippen LogP contribution in [0.25, 0.3) is 16.8 Å². The minimum Gasteiger partial charge on any atom is -0.365 e. The second kappa shape index (κ2) is 8.34. The van der Waals surface area contributed by atoms with E-state index in [-0.39, 0.29) is 11.6 Å². The highest BCUT2D eigenvalue weighted by Gasteiger charge is 2.38. The first-order valence-corrected chi connectivity index (χ1v) is 12.8. The van der Waals surface area contributed by atoms with Crippen LogP contribution in [0.1, 0.15) is 94.3 Å². The Balaban J connectivity index is 1.71. The van der Waals surface area contributed by atoms with Crippen LogP contribution in [-0.2, 0) is 6.42 Å². The number of benzene rings is 3. The van der Waals surface area contributed by atoms with Crippen molar-refractivity contribution in [3.05, 3.63) is 94.7 Å². The van der Waals surface area contributed by atoms with E-state index in [9.17, 15) is 0 Å². The van der Waals surface area contributed by atoms with Crippen molar-refractivity contribution in [2.45, 2.75) is 72.9 Å². The van der Waals surface area contributed by atoms with Gasteiger partial charge in [-0.1, -0.05) is 97.0 Å². The normalized spacial score (nSPS) is 16.8. The third kappa shape index (κ3) is 3.83. The van der Waals surface area contributed by atoms with Gasteiger partial charge in [0.2, 0.25) is 0 Å². The van der Waals surface area contributed by atoms with Crippen LogP contribution in [0, 0.1) is 5.41 Å². The number of hydrogen-bond donors (Lipinski definition) is 1. The first kappa shape index (κ1) is 22.8. The summed E-state index contributed by atoms with van der Waals surface area (Å²) in [6, 6.07) is 22.9. The van der Waals surface area contributed by atoms with Crippen molar-refractivity contribution in [3.8, 4) is 11.1 Å². The first-order chi connectivity index (χ1) is 16.2. The van der Waals surface area contributed by atoms with Crippen LogP contribution >= 0.6 is 0 Å². The molecule has 0 aromatic heterocycles. The minimum absolute atomic E-state index is 0.118. The zero-order valence-electron chi connectivity index (χ0n) is 21.7. The van der Waals surface area contributed by atoms with Gasteiger partial charge >= 0.3 is 0 Å². The first-order valence-electron chi connectivity index (χ1n) is 12.8. The summed E-state index contributed by atoms with van der Waals surface area (Å²) in [6.07, 6.45) is 3.44. The maximum absolute atomic E-state index is 3.75. The average molecular weight is 451 g/mol. The molecule has 0 amide bonds. The van der Waals surface area contributed by atoms with Gasteiger partial charge in [-0.15, -0.1) is 0 Å². The van der Waals surface area contributed by atoms with Gasteiger partial charge in [0.05, 0.1) is 11.4 Å². The molecule has 2 heterocycles. The Morgan fingerprint density at radius 3 is 2.15 bits per heavy atom. The lowest BCUT2D eigenvalue weighted by Crippen LogP contribution is -2.32. The van der Waals surface area contributed by atoms with E-state index in [1.807, 2.05) is 0 Å². The van der Waals surface area contributed by atoms with E-state index in [4.69, 9.17) is 0 Å². The molecule has 3 aromatic carbocycles. The second-order valence-electron chi connectivity index (χ2n) is 11.8. The van der Waals surface area contributed by atoms with E-state index in [1.54, 1.807) is 0 Å². The Bertz CT molecular complexity index is 1230. The maximum atomic E-state index is 3.75. The summed E-state index contributed by atoms with van der Waals surface area (Å²) < 4.78 is 0. The SMILES string of the molecule is CC(C)c1cccc(C(C)C)c1C1=CNC2c3ccccc3-c3cc(CC(C)(C)C)ccc3N12. The third-order valence-corrected chi connectivity index (χ3v) is 7.13. The van der Waals surface area contributed by atoms with E-state index >= 15 is 0 Å². The Kier molecular flexibility index (Phi) is 5.59. The zero-order chi connectivity index (χ0) is 24.2. The van der Waals surface area contributed by atoms with Crippen molar-refractivity contribution < 1.29 is 0 Å². The molecule has 0 bridgehead atoms. The molecular formula is C32H38N2. The van der Waals surface area contributed by atoms with E-state index in [0.29, 0.717) is 11.8 Å². The molecule has 0 aliphatic carbocycles. The Morgan fingerprint density at radius 2 is 1.50 bits per heavy atom. The molecule has 0 spiro atoms. The Hall–Kier alpha value is -3.00. The van der Waals surface area contributed by atoms with Gasteiger partial charge in [-0.25, -0.2) is 0 Å². The van der Waals surface area contributed by atoms with Crippen molar-refractivity contribution in [1.82, 2.24) is 5.32 Å². The van der Waals surface area contributed by atoms with Crippen LogP contribution in [0.4, 0.5) is 5.69 Å². The lowest BCUT2D eigenvalue weighted by atomic mass is 9.84. The molecule has 5 rings (SSSR count). The van der Waals surface area contributed by atoms with Crippen LogP contribution in [-0.4, -0.2) is 0 Å². The molecule has 34 heavy (non-hydrogen) atoms. The summed E-state index contributed by atoms with van der Waals surface area (Å²) in [4.78, 5) is 2.55. The van der Waals surface area contributed by atoms with Crippen molar-refractivity contribution in [3.63, 3.8) is 0 Å². The molecule has 176 valence electrons. The molecule has 0 fully saturated rings. The highest BCUT2D eigenvalue weighted by molar-refractivity contribution is 5.95. The lowest BCUT2D eigenvalue weighted by Gasteiger charge is -2.38. The molecule has 2 aliphatic rings. The molecule has 1 atom stereocenters. The fraction of sp³-hybridized carbons (Fsp3) is 0.375. The fourth-order valence-electron chi connectivity index (χ4n) is 5.69. The molecule has 0 saturated carbocycles. The van der Waals surface area contributed by atoms with Crippen LogP contribution in [0.5, 0.6) is 0 Å². The van der Waals surface area contributed by atoms with Gasteiger partial charge in [0.1, 0.15) is 6.17 Å². The Morgan fingerprint density at radius 1 is 0.824 bits per heavy atom. The molecular weight excluding hydrogens is 412 g/mol. The summed E-state index contributed by atoms with van der Waals surface area (Å²) in [5.74, 6) is 0.915. The minimum atomic E-state index is 0.118. The van der Waals surface area contributed by atoms with E-state index in [0.717, 1.165) is 6.42 Å². The highest BCUT2D eigenvalue weighted by Crippen LogP contribution is 2.51. The topological polar surface area (TPSA) is 15.3 Å². The number of anilines is 1. The number of hydrogen-bond acceptors (Lipinski definition) is 2. The van der Waals surface area contributed by atoms with Gasteiger partial charge in [0, 0.05) is 22.9 Å². The van der Waals surface area contributed by atoms with Crippen molar-refractivity contribution in [2.75, 3.05) is 4.90 Å². The third-order valence-electron chi connectivity index (χ3n) is 7.13. The lowest BCUT2D eigenvalue weighted by molar-refractivity contribution is 0.411. The van der Waals surface area contributed by atoms with E-state index < -0.39 is 0 Å². The largest absolute Gasteiger partial charge is 0.365 e. The zero-order valence-corrected chi connectivity index (χ0v) is 21.7. The Labute approximate surface area is 205 Å². The quantitative estimate of drug-likeness (QED) is 0.428. The molecule has 2 aliphatic heterocycles. The second-order valence-corrected chi connectivity index (χ2v) is 11.8. The van der Waals surface area contributed by atoms with Crippen LogP contribution in [0.15, 0.2) is 66.9 Å². The van der Waals surface area contributed by atoms with Crippen molar-refractivity contribution >= 4 is 11.4 Å². The monoisotopic (exact) mass is 450 g/mol. The molecule has 0 saturated heterocycles. The van der Waals surface area contributed by atoms with Gasteiger partial charge in [-0.3, -0.25) is 0 Å². The molecule has 3 aromatic rings. The van der Waals surface area contributed by atoms with Gasteiger partial charge in [0.15, 0.2) is 0 Å². The summed E-state index contributed by atoms with van der Waals surface area (Å²) in [7, 11) is 0. The fourth-order valence-corrected chi connectivity index (χ4v) is 5.69. The predicted octanol–water partition coefficient (Wildman–Crippen LogP) is 8.61. The van der Waals surface area contributed by atoms with Crippen molar-refractivity contribution in [2.24, 2.45) is 5.41 Å². The standard InChI is InChI=1S/C32H38N2/c1-20(2)23-13-10-14-24(21(3)4)30(23)29-19-33-31-26-12-9-8-11-25(26)27-17-22(18-32(5,6)7)15-16-28(27)34(29)31/h8-17,19-21,31,33H,18H2,1-7H3. The van der Waals surface area contributed by atoms with Gasteiger partial charge in [0.25, 0.3) is 0 Å². The number of fused-ring (bicyclic) bond motifs is 6. The molecule has 1 unspecified atom stereocenters. The molecule has 2 heteroatoms.